The summed E-state index contributed by atoms with van der Waals surface area (Å²) >= 11 is 0. The van der Waals surface area contributed by atoms with Crippen LogP contribution in [0.2, 0.25) is 0 Å². The van der Waals surface area contributed by atoms with E-state index in [9.17, 15) is 13.2 Å². The average molecular weight is 380 g/mol. The van der Waals surface area contributed by atoms with Crippen molar-refractivity contribution in [2.45, 2.75) is 25.7 Å². The number of nitrogens with one attached hydrogen (secondary N) is 1. The third kappa shape index (κ3) is 2.68. The molecule has 0 saturated heterocycles. The maximum Gasteiger partial charge on any atom is 0.262 e. The number of aryl methyl sites for hydroxylation is 2. The second-order valence-electron chi connectivity index (χ2n) is 6.76. The van der Waals surface area contributed by atoms with Gasteiger partial charge in [-0.1, -0.05) is 18.2 Å². The fraction of sp³-hybridized carbons (Fsp3) is 0.190. The van der Waals surface area contributed by atoms with Crippen molar-refractivity contribution >= 4 is 38.1 Å². The van der Waals surface area contributed by atoms with Crippen LogP contribution in [-0.2, 0) is 10.0 Å². The molecule has 0 fully saturated rings. The Labute approximate surface area is 158 Å². The van der Waals surface area contributed by atoms with Gasteiger partial charge in [-0.05, 0) is 62.2 Å². The van der Waals surface area contributed by atoms with Crippen molar-refractivity contribution in [1.82, 2.24) is 0 Å². The van der Waals surface area contributed by atoms with Crippen molar-refractivity contribution in [3.05, 3.63) is 65.2 Å². The highest BCUT2D eigenvalue weighted by molar-refractivity contribution is 7.93. The molecule has 1 aliphatic rings. The van der Waals surface area contributed by atoms with Crippen molar-refractivity contribution in [3.63, 3.8) is 0 Å². The smallest absolute Gasteiger partial charge is 0.262 e. The summed E-state index contributed by atoms with van der Waals surface area (Å²) < 4.78 is 28.8. The fourth-order valence-electron chi connectivity index (χ4n) is 3.58. The molecule has 1 N–H and O–H groups in total. The number of amides is 1. The van der Waals surface area contributed by atoms with Gasteiger partial charge in [0.15, 0.2) is 0 Å². The molecule has 0 atom stereocenters. The van der Waals surface area contributed by atoms with Crippen LogP contribution in [0.15, 0.2) is 53.4 Å². The molecule has 1 heterocycles. The second kappa shape index (κ2) is 6.09. The van der Waals surface area contributed by atoms with Crippen LogP contribution < -0.4 is 9.62 Å². The van der Waals surface area contributed by atoms with Crippen LogP contribution >= 0.6 is 0 Å². The van der Waals surface area contributed by atoms with Crippen LogP contribution in [0.3, 0.4) is 0 Å². The van der Waals surface area contributed by atoms with Crippen molar-refractivity contribution in [1.29, 1.82) is 0 Å². The number of carbonyl (C=O) groups is 1. The average Bonchev–Trinajstić information content (AvgIpc) is 2.91. The minimum atomic E-state index is -3.80. The highest BCUT2D eigenvalue weighted by Gasteiger charge is 2.31. The SMILES string of the molecule is CCN1C(=O)c2cccc3c(S(=O)(=O)Nc4ccc(C)c(C)c4)ccc1c23. The summed E-state index contributed by atoms with van der Waals surface area (Å²) in [4.78, 5) is 14.4. The molecule has 0 unspecified atom stereocenters. The lowest BCUT2D eigenvalue weighted by molar-refractivity contribution is 0.0994. The maximum absolute atomic E-state index is 13.1. The monoisotopic (exact) mass is 380 g/mol. The number of sulfonamides is 1. The predicted octanol–water partition coefficient (Wildman–Crippen LogP) is 4.24. The quantitative estimate of drug-likeness (QED) is 0.736. The Balaban J connectivity index is 1.86. The van der Waals surface area contributed by atoms with Crippen LogP contribution in [0.25, 0.3) is 10.8 Å². The van der Waals surface area contributed by atoms with Crippen LogP contribution in [0, 0.1) is 13.8 Å². The van der Waals surface area contributed by atoms with E-state index in [1.165, 1.54) is 0 Å². The zero-order chi connectivity index (χ0) is 19.3. The van der Waals surface area contributed by atoms with E-state index in [-0.39, 0.29) is 10.8 Å². The van der Waals surface area contributed by atoms with E-state index < -0.39 is 10.0 Å². The first-order chi connectivity index (χ1) is 12.8. The summed E-state index contributed by atoms with van der Waals surface area (Å²) in [6.07, 6.45) is 0. The number of nitrogens with zero attached hydrogens (tertiary/aromatic N) is 1. The topological polar surface area (TPSA) is 66.5 Å². The Morgan fingerprint density at radius 2 is 1.78 bits per heavy atom. The van der Waals surface area contributed by atoms with Gasteiger partial charge in [-0.3, -0.25) is 9.52 Å². The molecule has 1 amide bonds. The number of hydrogen-bond donors (Lipinski definition) is 1. The van der Waals surface area contributed by atoms with Gasteiger partial charge in [0.1, 0.15) is 0 Å². The van der Waals surface area contributed by atoms with Gasteiger partial charge in [-0.15, -0.1) is 0 Å². The molecule has 1 aliphatic heterocycles. The van der Waals surface area contributed by atoms with E-state index >= 15 is 0 Å². The second-order valence-corrected chi connectivity index (χ2v) is 8.42. The zero-order valence-corrected chi connectivity index (χ0v) is 16.2. The predicted molar refractivity (Wildman–Crippen MR) is 108 cm³/mol. The van der Waals surface area contributed by atoms with Crippen LogP contribution in [0.5, 0.6) is 0 Å². The van der Waals surface area contributed by atoms with Crippen LogP contribution in [0.4, 0.5) is 11.4 Å². The van der Waals surface area contributed by atoms with E-state index in [0.717, 1.165) is 16.8 Å². The summed E-state index contributed by atoms with van der Waals surface area (Å²) in [6, 6.07) is 14.0. The van der Waals surface area contributed by atoms with Crippen molar-refractivity contribution < 1.29 is 13.2 Å². The van der Waals surface area contributed by atoms with E-state index in [0.29, 0.717) is 28.6 Å². The summed E-state index contributed by atoms with van der Waals surface area (Å²) in [7, 11) is -3.80. The molecule has 0 aromatic heterocycles. The molecule has 27 heavy (non-hydrogen) atoms. The van der Waals surface area contributed by atoms with Gasteiger partial charge < -0.3 is 4.90 Å². The van der Waals surface area contributed by atoms with E-state index in [1.807, 2.05) is 32.9 Å². The Hall–Kier alpha value is -2.86. The highest BCUT2D eigenvalue weighted by Crippen LogP contribution is 2.40. The first kappa shape index (κ1) is 17.5. The van der Waals surface area contributed by atoms with E-state index in [1.54, 1.807) is 41.3 Å². The van der Waals surface area contributed by atoms with E-state index in [2.05, 4.69) is 4.72 Å². The lowest BCUT2D eigenvalue weighted by Gasteiger charge is -2.16. The van der Waals surface area contributed by atoms with Crippen molar-refractivity contribution in [2.24, 2.45) is 0 Å². The first-order valence-corrected chi connectivity index (χ1v) is 10.3. The molecule has 0 radical (unpaired) electrons. The maximum atomic E-state index is 13.1. The molecule has 4 rings (SSSR count). The molecule has 5 nitrogen and oxygen atoms in total. The van der Waals surface area contributed by atoms with Gasteiger partial charge in [-0.2, -0.15) is 0 Å². The lowest BCUT2D eigenvalue weighted by atomic mass is 10.1. The molecule has 0 aliphatic carbocycles. The first-order valence-electron chi connectivity index (χ1n) is 8.81. The van der Waals surface area contributed by atoms with Crippen molar-refractivity contribution in [3.8, 4) is 0 Å². The summed E-state index contributed by atoms with van der Waals surface area (Å²) in [6.45, 7) is 6.36. The molecule has 3 aromatic rings. The van der Waals surface area contributed by atoms with Gasteiger partial charge >= 0.3 is 0 Å². The van der Waals surface area contributed by atoms with Gasteiger partial charge in [0, 0.05) is 28.6 Å². The largest absolute Gasteiger partial charge is 0.308 e. The van der Waals surface area contributed by atoms with E-state index in [4.69, 9.17) is 0 Å². The Bertz CT molecular complexity index is 1200. The molecule has 0 spiro atoms. The van der Waals surface area contributed by atoms with Crippen LogP contribution in [-0.4, -0.2) is 20.9 Å². The Morgan fingerprint density at radius 1 is 1.00 bits per heavy atom. The molecule has 0 saturated carbocycles. The third-order valence-electron chi connectivity index (χ3n) is 5.11. The normalized spacial score (nSPS) is 13.4. The van der Waals surface area contributed by atoms with Crippen LogP contribution in [0.1, 0.15) is 28.4 Å². The van der Waals surface area contributed by atoms with Crippen molar-refractivity contribution in [2.75, 3.05) is 16.2 Å². The summed E-state index contributed by atoms with van der Waals surface area (Å²) in [5.41, 5.74) is 3.94. The van der Waals surface area contributed by atoms with Gasteiger partial charge in [0.2, 0.25) is 0 Å². The number of anilines is 2. The van der Waals surface area contributed by atoms with Gasteiger partial charge in [-0.25, -0.2) is 8.42 Å². The molecular weight excluding hydrogens is 360 g/mol. The number of benzene rings is 3. The molecule has 0 bridgehead atoms. The number of carbonyl (C=O) groups excluding carboxylic acids is 1. The minimum Gasteiger partial charge on any atom is -0.308 e. The molecule has 6 heteroatoms. The standard InChI is InChI=1S/C21H20N2O3S/c1-4-23-18-10-11-19(16-6-5-7-17(20(16)18)21(23)24)27(25,26)22-15-9-8-13(2)14(3)12-15/h5-12,22H,4H2,1-3H3. The molecule has 3 aromatic carbocycles. The summed E-state index contributed by atoms with van der Waals surface area (Å²) in [5.74, 6) is -0.0882. The highest BCUT2D eigenvalue weighted by atomic mass is 32.2. The number of hydrogen-bond acceptors (Lipinski definition) is 3. The molecule has 138 valence electrons. The Kier molecular flexibility index (Phi) is 3.96. The molecular formula is C21H20N2O3S. The lowest BCUT2D eigenvalue weighted by Crippen LogP contribution is -2.25. The summed E-state index contributed by atoms with van der Waals surface area (Å²) in [5, 5.41) is 1.26. The number of rotatable bonds is 4. The third-order valence-corrected chi connectivity index (χ3v) is 6.55. The Morgan fingerprint density at radius 3 is 2.48 bits per heavy atom. The van der Waals surface area contributed by atoms with Gasteiger partial charge in [0.25, 0.3) is 15.9 Å². The zero-order valence-electron chi connectivity index (χ0n) is 15.4. The van der Waals surface area contributed by atoms with Gasteiger partial charge in [0.05, 0.1) is 10.6 Å². The minimum absolute atomic E-state index is 0.0882. The fourth-order valence-corrected chi connectivity index (χ4v) is 4.84.